The topological polar surface area (TPSA) is 74.6 Å². The van der Waals surface area contributed by atoms with E-state index in [0.29, 0.717) is 4.47 Å². The number of benzene rings is 1. The molecule has 0 spiro atoms. The molecule has 1 aromatic rings. The van der Waals surface area contributed by atoms with E-state index in [1.807, 2.05) is 0 Å². The van der Waals surface area contributed by atoms with Gasteiger partial charge in [-0.2, -0.15) is 0 Å². The Morgan fingerprint density at radius 3 is 2.50 bits per heavy atom. The van der Waals surface area contributed by atoms with Crippen LogP contribution < -0.4 is 0 Å². The summed E-state index contributed by atoms with van der Waals surface area (Å²) in [7, 11) is 0. The minimum atomic E-state index is -1.30. The average molecular weight is 291 g/mol. The Morgan fingerprint density at radius 1 is 1.38 bits per heavy atom. The summed E-state index contributed by atoms with van der Waals surface area (Å²) in [6.07, 6.45) is -0.586. The molecule has 0 heterocycles. The first-order valence-corrected chi connectivity index (χ1v) is 5.10. The third-order valence-electron chi connectivity index (χ3n) is 2.01. The molecule has 0 saturated carbocycles. The first-order chi connectivity index (χ1) is 7.41. The van der Waals surface area contributed by atoms with Crippen molar-refractivity contribution in [1.29, 1.82) is 0 Å². The van der Waals surface area contributed by atoms with Gasteiger partial charge in [-0.3, -0.25) is 9.59 Å². The maximum Gasteiger partial charge on any atom is 0.311 e. The van der Waals surface area contributed by atoms with Crippen LogP contribution in [-0.4, -0.2) is 22.2 Å². The first-order valence-electron chi connectivity index (χ1n) is 4.31. The molecular weight excluding hydrogens is 283 g/mol. The minimum absolute atomic E-state index is 0.120. The van der Waals surface area contributed by atoms with Crippen LogP contribution in [0.3, 0.4) is 0 Å². The predicted octanol–water partition coefficient (Wildman–Crippen LogP) is 2.23. The molecule has 0 aliphatic carbocycles. The van der Waals surface area contributed by atoms with Crippen LogP contribution in [0.25, 0.3) is 0 Å². The molecule has 0 bridgehead atoms. The summed E-state index contributed by atoms with van der Waals surface area (Å²) in [4.78, 5) is 21.4. The lowest BCUT2D eigenvalue weighted by atomic mass is 9.96. The van der Waals surface area contributed by atoms with E-state index in [2.05, 4.69) is 15.9 Å². The van der Waals surface area contributed by atoms with Crippen molar-refractivity contribution < 1.29 is 24.2 Å². The van der Waals surface area contributed by atoms with Crippen LogP contribution in [0.15, 0.2) is 22.7 Å². The molecule has 2 N–H and O–H groups in total. The lowest BCUT2D eigenvalue weighted by Gasteiger charge is -2.12. The number of rotatable bonds is 4. The van der Waals surface area contributed by atoms with Gasteiger partial charge in [-0.1, -0.05) is 15.9 Å². The fraction of sp³-hybridized carbons (Fsp3) is 0.200. The van der Waals surface area contributed by atoms with Crippen molar-refractivity contribution >= 4 is 27.9 Å². The molecule has 0 amide bonds. The van der Waals surface area contributed by atoms with Crippen LogP contribution in [0.4, 0.5) is 4.39 Å². The minimum Gasteiger partial charge on any atom is -0.481 e. The number of aliphatic carboxylic acids is 2. The van der Waals surface area contributed by atoms with E-state index < -0.39 is 30.1 Å². The fourth-order valence-electron chi connectivity index (χ4n) is 1.29. The normalized spacial score (nSPS) is 12.1. The first kappa shape index (κ1) is 12.6. The number of carboxylic acid groups (broad SMARTS) is 2. The van der Waals surface area contributed by atoms with Crippen molar-refractivity contribution in [2.75, 3.05) is 0 Å². The van der Waals surface area contributed by atoms with Gasteiger partial charge in [-0.25, -0.2) is 4.39 Å². The summed E-state index contributed by atoms with van der Waals surface area (Å²) in [6, 6.07) is 3.53. The lowest BCUT2D eigenvalue weighted by molar-refractivity contribution is -0.145. The summed E-state index contributed by atoms with van der Waals surface area (Å²) in [6.45, 7) is 0. The summed E-state index contributed by atoms with van der Waals surface area (Å²) in [5, 5.41) is 17.5. The number of carboxylic acids is 2. The third-order valence-corrected chi connectivity index (χ3v) is 2.73. The van der Waals surface area contributed by atoms with E-state index in [4.69, 9.17) is 10.2 Å². The highest BCUT2D eigenvalue weighted by Gasteiger charge is 2.25. The van der Waals surface area contributed by atoms with Crippen LogP contribution in [-0.2, 0) is 9.59 Å². The third kappa shape index (κ3) is 3.03. The summed E-state index contributed by atoms with van der Waals surface area (Å²) >= 11 is 3.07. The number of carbonyl (C=O) groups is 2. The molecule has 1 atom stereocenters. The van der Waals surface area contributed by atoms with Crippen LogP contribution in [0.1, 0.15) is 17.9 Å². The largest absolute Gasteiger partial charge is 0.481 e. The van der Waals surface area contributed by atoms with Crippen molar-refractivity contribution in [2.45, 2.75) is 12.3 Å². The van der Waals surface area contributed by atoms with Gasteiger partial charge in [0.1, 0.15) is 5.82 Å². The Bertz CT molecular complexity index is 433. The molecule has 0 aliphatic heterocycles. The molecule has 0 aliphatic rings. The smallest absolute Gasteiger partial charge is 0.311 e. The fourth-order valence-corrected chi connectivity index (χ4v) is 1.81. The molecule has 16 heavy (non-hydrogen) atoms. The Hall–Kier alpha value is -1.43. The van der Waals surface area contributed by atoms with Gasteiger partial charge in [0.25, 0.3) is 0 Å². The van der Waals surface area contributed by atoms with Crippen LogP contribution in [0, 0.1) is 5.82 Å². The van der Waals surface area contributed by atoms with E-state index in [-0.39, 0.29) is 5.56 Å². The van der Waals surface area contributed by atoms with Gasteiger partial charge >= 0.3 is 11.9 Å². The van der Waals surface area contributed by atoms with Crippen LogP contribution in [0.5, 0.6) is 0 Å². The van der Waals surface area contributed by atoms with Gasteiger partial charge in [0.15, 0.2) is 0 Å². The Kier molecular flexibility index (Phi) is 4.00. The van der Waals surface area contributed by atoms with E-state index in [1.54, 1.807) is 0 Å². The molecule has 0 saturated heterocycles. The Labute approximate surface area is 98.8 Å². The van der Waals surface area contributed by atoms with E-state index >= 15 is 0 Å². The van der Waals surface area contributed by atoms with Crippen molar-refractivity contribution in [3.63, 3.8) is 0 Å². The summed E-state index contributed by atoms with van der Waals surface area (Å²) in [5.74, 6) is -4.41. The molecule has 6 heteroatoms. The highest BCUT2D eigenvalue weighted by Crippen LogP contribution is 2.28. The monoisotopic (exact) mass is 290 g/mol. The molecule has 0 aromatic heterocycles. The zero-order chi connectivity index (χ0) is 12.3. The molecular formula is C10H8BrFO4. The van der Waals surface area contributed by atoms with Crippen molar-refractivity contribution in [2.24, 2.45) is 0 Å². The average Bonchev–Trinajstić information content (AvgIpc) is 2.18. The lowest BCUT2D eigenvalue weighted by Crippen LogP contribution is -2.16. The van der Waals surface area contributed by atoms with E-state index in [0.717, 1.165) is 12.1 Å². The number of hydrogen-bond acceptors (Lipinski definition) is 2. The van der Waals surface area contributed by atoms with Crippen LogP contribution >= 0.6 is 15.9 Å². The Morgan fingerprint density at radius 2 is 2.00 bits per heavy atom. The van der Waals surface area contributed by atoms with Gasteiger partial charge < -0.3 is 10.2 Å². The van der Waals surface area contributed by atoms with Crippen LogP contribution in [0.2, 0.25) is 0 Å². The molecule has 1 unspecified atom stereocenters. The maximum atomic E-state index is 12.9. The highest BCUT2D eigenvalue weighted by molar-refractivity contribution is 9.10. The van der Waals surface area contributed by atoms with E-state index in [1.165, 1.54) is 6.07 Å². The standard InChI is InChI=1S/C10H8BrFO4/c11-8-2-1-5(12)3-6(8)7(10(15)16)4-9(13)14/h1-3,7H,4H2,(H,13,14)(H,15,16). The predicted molar refractivity (Wildman–Crippen MR) is 56.7 cm³/mol. The highest BCUT2D eigenvalue weighted by atomic mass is 79.9. The number of hydrogen-bond donors (Lipinski definition) is 2. The van der Waals surface area contributed by atoms with E-state index in [9.17, 15) is 14.0 Å². The van der Waals surface area contributed by atoms with Gasteiger partial charge in [0.05, 0.1) is 12.3 Å². The van der Waals surface area contributed by atoms with Crippen molar-refractivity contribution in [3.05, 3.63) is 34.1 Å². The summed E-state index contributed by atoms with van der Waals surface area (Å²) < 4.78 is 13.3. The molecule has 0 radical (unpaired) electrons. The van der Waals surface area contributed by atoms with Gasteiger partial charge in [0.2, 0.25) is 0 Å². The molecule has 4 nitrogen and oxygen atoms in total. The molecule has 86 valence electrons. The van der Waals surface area contributed by atoms with Crippen molar-refractivity contribution in [3.8, 4) is 0 Å². The Balaban J connectivity index is 3.14. The SMILES string of the molecule is O=C(O)CC(C(=O)O)c1cc(F)ccc1Br. The zero-order valence-electron chi connectivity index (χ0n) is 7.98. The van der Waals surface area contributed by atoms with Crippen molar-refractivity contribution in [1.82, 2.24) is 0 Å². The number of halogens is 2. The van der Waals surface area contributed by atoms with Gasteiger partial charge in [-0.15, -0.1) is 0 Å². The second-order valence-electron chi connectivity index (χ2n) is 3.15. The van der Waals surface area contributed by atoms with Gasteiger partial charge in [0, 0.05) is 4.47 Å². The zero-order valence-corrected chi connectivity index (χ0v) is 9.57. The second kappa shape index (κ2) is 5.07. The van der Waals surface area contributed by atoms with Gasteiger partial charge in [-0.05, 0) is 23.8 Å². The molecule has 1 rings (SSSR count). The summed E-state index contributed by atoms with van der Waals surface area (Å²) in [5.41, 5.74) is 0.120. The maximum absolute atomic E-state index is 12.9. The molecule has 0 fully saturated rings. The second-order valence-corrected chi connectivity index (χ2v) is 4.01. The molecule has 1 aromatic carbocycles. The quantitative estimate of drug-likeness (QED) is 0.892.